The van der Waals surface area contributed by atoms with Gasteiger partial charge in [-0.25, -0.2) is 4.39 Å². The molecule has 0 spiro atoms. The first kappa shape index (κ1) is 19.9. The van der Waals surface area contributed by atoms with Gasteiger partial charge < -0.3 is 0 Å². The third kappa shape index (κ3) is 5.35. The van der Waals surface area contributed by atoms with E-state index >= 15 is 0 Å². The summed E-state index contributed by atoms with van der Waals surface area (Å²) < 4.78 is 13.4. The van der Waals surface area contributed by atoms with Crippen molar-refractivity contribution in [1.82, 2.24) is 9.99 Å². The van der Waals surface area contributed by atoms with E-state index in [1.807, 2.05) is 18.4 Å². The van der Waals surface area contributed by atoms with E-state index in [4.69, 9.17) is 0 Å². The molecule has 0 radical (unpaired) electrons. The molecule has 2 aliphatic rings. The Bertz CT molecular complexity index is 859. The van der Waals surface area contributed by atoms with E-state index in [0.717, 1.165) is 40.6 Å². The molecule has 146 valence electrons. The first-order chi connectivity index (χ1) is 13.5. The van der Waals surface area contributed by atoms with Gasteiger partial charge in [0.2, 0.25) is 0 Å². The van der Waals surface area contributed by atoms with Gasteiger partial charge in [0, 0.05) is 23.7 Å². The summed E-state index contributed by atoms with van der Waals surface area (Å²) in [5.74, 6) is 0.522. The van der Waals surface area contributed by atoms with Crippen LogP contribution in [0.2, 0.25) is 0 Å². The summed E-state index contributed by atoms with van der Waals surface area (Å²) in [5.41, 5.74) is 4.18. The van der Waals surface area contributed by atoms with E-state index in [0.29, 0.717) is 6.54 Å². The van der Waals surface area contributed by atoms with Gasteiger partial charge in [0.1, 0.15) is 5.82 Å². The lowest BCUT2D eigenvalue weighted by molar-refractivity contribution is 0.300. The molecule has 0 aromatic carbocycles. The smallest absolute Gasteiger partial charge is 0.141 e. The lowest BCUT2D eigenvalue weighted by atomic mass is 9.82. The number of pyridine rings is 1. The molecule has 0 atom stereocenters. The predicted molar refractivity (Wildman–Crippen MR) is 113 cm³/mol. The fourth-order valence-corrected chi connectivity index (χ4v) is 3.16. The van der Waals surface area contributed by atoms with Crippen molar-refractivity contribution >= 4 is 11.4 Å². The molecule has 1 aromatic rings. The van der Waals surface area contributed by atoms with Crippen molar-refractivity contribution < 1.29 is 4.39 Å². The number of hydrazone groups is 1. The Labute approximate surface area is 166 Å². The van der Waals surface area contributed by atoms with Crippen LogP contribution >= 0.6 is 0 Å². The van der Waals surface area contributed by atoms with Crippen LogP contribution in [0.15, 0.2) is 77.4 Å². The van der Waals surface area contributed by atoms with Gasteiger partial charge in [-0.05, 0) is 49.5 Å². The summed E-state index contributed by atoms with van der Waals surface area (Å²) in [4.78, 5) is 8.50. The van der Waals surface area contributed by atoms with Crippen molar-refractivity contribution in [3.63, 3.8) is 0 Å². The van der Waals surface area contributed by atoms with Crippen LogP contribution in [0.25, 0.3) is 0 Å². The van der Waals surface area contributed by atoms with Crippen molar-refractivity contribution in [2.24, 2.45) is 16.0 Å². The summed E-state index contributed by atoms with van der Waals surface area (Å²) in [6.07, 6.45) is 16.5. The van der Waals surface area contributed by atoms with Gasteiger partial charge >= 0.3 is 0 Å². The van der Waals surface area contributed by atoms with Crippen molar-refractivity contribution in [3.05, 3.63) is 78.7 Å². The van der Waals surface area contributed by atoms with Gasteiger partial charge in [-0.1, -0.05) is 38.5 Å². The average Bonchev–Trinajstić information content (AvgIpc) is 2.63. The highest BCUT2D eigenvalue weighted by Gasteiger charge is 2.17. The number of allylic oxidation sites excluding steroid dienone is 4. The van der Waals surface area contributed by atoms with Crippen molar-refractivity contribution in [1.29, 1.82) is 0 Å². The normalized spacial score (nSPS) is 18.1. The summed E-state index contributed by atoms with van der Waals surface area (Å²) in [6, 6.07) is 1.45. The standard InChI is InChI=1S/C23H27FN4/c1-4-21(14-26-17(2)8-10-19-6-5-7-19)23-11-9-18(3)28(27-23)16-20-12-22(24)15-25-13-20/h4,9,11-15,19H,1,3,5-8,10,16H2,2H3/b21-14+,26-17+. The largest absolute Gasteiger partial charge is 0.265 e. The van der Waals surface area contributed by atoms with E-state index in [9.17, 15) is 4.39 Å². The number of halogens is 1. The maximum absolute atomic E-state index is 13.4. The molecule has 0 unspecified atom stereocenters. The molecule has 1 saturated carbocycles. The van der Waals surface area contributed by atoms with Gasteiger partial charge in [-0.2, -0.15) is 5.10 Å². The molecule has 1 aliphatic heterocycles. The van der Waals surface area contributed by atoms with Crippen LogP contribution < -0.4 is 0 Å². The predicted octanol–water partition coefficient (Wildman–Crippen LogP) is 5.57. The Morgan fingerprint density at radius 2 is 2.18 bits per heavy atom. The average molecular weight is 378 g/mol. The molecule has 5 heteroatoms. The zero-order chi connectivity index (χ0) is 19.9. The molecular weight excluding hydrogens is 351 g/mol. The van der Waals surface area contributed by atoms with Gasteiger partial charge in [-0.15, -0.1) is 0 Å². The molecule has 2 heterocycles. The van der Waals surface area contributed by atoms with Gasteiger partial charge in [0.15, 0.2) is 0 Å². The SMILES string of the molecule is C=C/C(=C\N=C(/C)CCC1CCC1)C1=NN(Cc2cncc(F)c2)C(=C)C=C1. The second-order valence-corrected chi connectivity index (χ2v) is 7.37. The van der Waals surface area contributed by atoms with Crippen LogP contribution in [-0.4, -0.2) is 21.4 Å². The number of rotatable bonds is 8. The van der Waals surface area contributed by atoms with E-state index in [2.05, 4.69) is 35.2 Å². The molecule has 1 aliphatic carbocycles. The summed E-state index contributed by atoms with van der Waals surface area (Å²) >= 11 is 0. The first-order valence-corrected chi connectivity index (χ1v) is 9.74. The Balaban J connectivity index is 1.70. The Morgan fingerprint density at radius 1 is 1.36 bits per heavy atom. The molecule has 3 rings (SSSR count). The van der Waals surface area contributed by atoms with E-state index < -0.39 is 0 Å². The number of aliphatic imine (C=N–C) groups is 1. The van der Waals surface area contributed by atoms with Crippen LogP contribution in [0.4, 0.5) is 4.39 Å². The molecule has 4 nitrogen and oxygen atoms in total. The van der Waals surface area contributed by atoms with Gasteiger partial charge in [-0.3, -0.25) is 15.0 Å². The fraction of sp³-hybridized carbons (Fsp3) is 0.348. The maximum Gasteiger partial charge on any atom is 0.141 e. The minimum Gasteiger partial charge on any atom is -0.265 e. The lowest BCUT2D eigenvalue weighted by Crippen LogP contribution is -2.21. The molecule has 28 heavy (non-hydrogen) atoms. The molecule has 0 bridgehead atoms. The number of hydrogen-bond donors (Lipinski definition) is 0. The molecule has 1 fully saturated rings. The van der Waals surface area contributed by atoms with Crippen LogP contribution in [0.3, 0.4) is 0 Å². The second-order valence-electron chi connectivity index (χ2n) is 7.37. The van der Waals surface area contributed by atoms with Gasteiger partial charge in [0.05, 0.1) is 24.2 Å². The van der Waals surface area contributed by atoms with E-state index in [1.54, 1.807) is 17.3 Å². The minimum atomic E-state index is -0.363. The van der Waals surface area contributed by atoms with Crippen molar-refractivity contribution in [2.75, 3.05) is 0 Å². The summed E-state index contributed by atoms with van der Waals surface area (Å²) in [6.45, 7) is 10.4. The lowest BCUT2D eigenvalue weighted by Gasteiger charge is -2.25. The zero-order valence-electron chi connectivity index (χ0n) is 16.4. The molecular formula is C23H27FN4. The van der Waals surface area contributed by atoms with Crippen molar-refractivity contribution in [2.45, 2.75) is 45.6 Å². The Morgan fingerprint density at radius 3 is 2.86 bits per heavy atom. The van der Waals surface area contributed by atoms with Crippen molar-refractivity contribution in [3.8, 4) is 0 Å². The minimum absolute atomic E-state index is 0.363. The number of nitrogens with zero attached hydrogens (tertiary/aromatic N) is 4. The summed E-state index contributed by atoms with van der Waals surface area (Å²) in [5, 5.41) is 6.37. The quantitative estimate of drug-likeness (QED) is 0.438. The topological polar surface area (TPSA) is 40.9 Å². The third-order valence-electron chi connectivity index (χ3n) is 5.17. The fourth-order valence-electron chi connectivity index (χ4n) is 3.16. The maximum atomic E-state index is 13.4. The molecule has 1 aromatic heterocycles. The zero-order valence-corrected chi connectivity index (χ0v) is 16.4. The van der Waals surface area contributed by atoms with E-state index in [-0.39, 0.29) is 5.82 Å². The van der Waals surface area contributed by atoms with Crippen LogP contribution in [-0.2, 0) is 6.54 Å². The monoisotopic (exact) mass is 378 g/mol. The highest BCUT2D eigenvalue weighted by molar-refractivity contribution is 6.10. The number of hydrogen-bond acceptors (Lipinski definition) is 4. The van der Waals surface area contributed by atoms with Crippen LogP contribution in [0, 0.1) is 11.7 Å². The third-order valence-corrected chi connectivity index (χ3v) is 5.17. The Hall–Kier alpha value is -2.82. The number of aromatic nitrogens is 1. The second kappa shape index (κ2) is 9.40. The molecule has 0 amide bonds. The van der Waals surface area contributed by atoms with Crippen LogP contribution in [0.1, 0.15) is 44.6 Å². The van der Waals surface area contributed by atoms with E-state index in [1.165, 1.54) is 37.9 Å². The first-order valence-electron chi connectivity index (χ1n) is 9.74. The molecule has 0 saturated heterocycles. The summed E-state index contributed by atoms with van der Waals surface area (Å²) in [7, 11) is 0. The van der Waals surface area contributed by atoms with Crippen LogP contribution in [0.5, 0.6) is 0 Å². The molecule has 0 N–H and O–H groups in total. The highest BCUT2D eigenvalue weighted by atomic mass is 19.1. The van der Waals surface area contributed by atoms with Gasteiger partial charge in [0.25, 0.3) is 0 Å². The highest BCUT2D eigenvalue weighted by Crippen LogP contribution is 2.30. The Kier molecular flexibility index (Phi) is 6.69.